The quantitative estimate of drug-likeness (QED) is 0.685. The highest BCUT2D eigenvalue weighted by atomic mass is 27.0. The number of aliphatic hydroxyl groups excluding tert-OH is 2. The number of hydrogen-bond acceptors (Lipinski definition) is 6. The highest BCUT2D eigenvalue weighted by Gasteiger charge is 2.46. The molecule has 1 amide bonds. The molecule has 2 heterocycles. The Morgan fingerprint density at radius 3 is 2.55 bits per heavy atom. The van der Waals surface area contributed by atoms with Crippen LogP contribution in [0.1, 0.15) is 32.7 Å². The normalized spacial score (nSPS) is 28.3. The average Bonchev–Trinajstić information content (AvgIpc) is 2.70. The monoisotopic (exact) mass is 321 g/mol. The standard InChI is InChI=1S/C14H20N3O4.Al/c1-8-4-11(21-14(8,2)3)13(20)17-9-5-15-12(16-6-9)10(19)7-18;/h4-6,8,10-11,18-19H,7H2,1-3H3,(H,17,20);/t8-,10?,11-;/m1./s1. The maximum atomic E-state index is 12.3. The molecule has 118 valence electrons. The summed E-state index contributed by atoms with van der Waals surface area (Å²) in [6, 6.07) is 0. The molecule has 1 saturated heterocycles. The van der Waals surface area contributed by atoms with Gasteiger partial charge in [-0.15, -0.1) is 0 Å². The van der Waals surface area contributed by atoms with E-state index in [1.165, 1.54) is 12.4 Å². The number of ether oxygens (including phenoxy) is 1. The van der Waals surface area contributed by atoms with Crippen molar-refractivity contribution in [2.45, 2.75) is 43.4 Å². The lowest BCUT2D eigenvalue weighted by Crippen LogP contribution is -2.32. The third-order valence-electron chi connectivity index (χ3n) is 4.12. The number of anilines is 1. The summed E-state index contributed by atoms with van der Waals surface area (Å²) < 4.78 is 5.86. The Morgan fingerprint density at radius 2 is 2.09 bits per heavy atom. The maximum absolute atomic E-state index is 12.3. The van der Waals surface area contributed by atoms with Crippen LogP contribution in [0.4, 0.5) is 5.69 Å². The minimum absolute atomic E-state index is 0.0198. The van der Waals surface area contributed by atoms with Crippen molar-refractivity contribution in [1.82, 2.24) is 9.97 Å². The van der Waals surface area contributed by atoms with Crippen molar-refractivity contribution in [2.75, 3.05) is 11.9 Å². The molecule has 7 nitrogen and oxygen atoms in total. The van der Waals surface area contributed by atoms with E-state index in [4.69, 9.17) is 9.84 Å². The van der Waals surface area contributed by atoms with Gasteiger partial charge in [0.15, 0.2) is 5.82 Å². The maximum Gasteiger partial charge on any atom is 0.252 e. The fourth-order valence-electron chi connectivity index (χ4n) is 2.34. The van der Waals surface area contributed by atoms with Crippen LogP contribution in [0.25, 0.3) is 0 Å². The number of rotatable bonds is 4. The SMILES string of the molecule is C[C@@H]1[C@H]([Al])[C@H](C(=O)Nc2cnc(C(O)CO)nc2)OC1(C)C. The van der Waals surface area contributed by atoms with Gasteiger partial charge in [0.25, 0.3) is 5.91 Å². The molecule has 0 saturated carbocycles. The first-order valence-corrected chi connectivity index (χ1v) is 7.78. The molecular formula is C14H20AlN3O4. The van der Waals surface area contributed by atoms with Crippen molar-refractivity contribution in [3.63, 3.8) is 0 Å². The number of aliphatic hydroxyl groups is 2. The Hall–Kier alpha value is -1.04. The number of carbonyl (C=O) groups excluding carboxylic acids is 1. The third-order valence-corrected chi connectivity index (χ3v) is 5.05. The Kier molecular flexibility index (Phi) is 5.20. The van der Waals surface area contributed by atoms with Crippen molar-refractivity contribution in [2.24, 2.45) is 5.92 Å². The molecule has 0 spiro atoms. The number of nitrogens with zero attached hydrogens (tertiary/aromatic N) is 2. The summed E-state index contributed by atoms with van der Waals surface area (Å²) in [7, 11) is 0. The summed E-state index contributed by atoms with van der Waals surface area (Å²) in [6.45, 7) is 5.54. The van der Waals surface area contributed by atoms with Gasteiger partial charge in [-0.3, -0.25) is 4.79 Å². The summed E-state index contributed by atoms with van der Waals surface area (Å²) in [6.07, 6.45) is 1.10. The minimum atomic E-state index is -1.12. The van der Waals surface area contributed by atoms with Gasteiger partial charge in [-0.2, -0.15) is 0 Å². The Balaban J connectivity index is 2.03. The molecule has 8 heteroatoms. The van der Waals surface area contributed by atoms with Crippen molar-refractivity contribution in [3.8, 4) is 0 Å². The molecule has 0 bridgehead atoms. The molecule has 1 aliphatic rings. The van der Waals surface area contributed by atoms with Crippen molar-refractivity contribution in [3.05, 3.63) is 18.2 Å². The molecule has 4 atom stereocenters. The van der Waals surface area contributed by atoms with E-state index in [1.54, 1.807) is 0 Å². The lowest BCUT2D eigenvalue weighted by atomic mass is 9.91. The van der Waals surface area contributed by atoms with Gasteiger partial charge in [0.2, 0.25) is 0 Å². The fraction of sp³-hybridized carbons (Fsp3) is 0.643. The van der Waals surface area contributed by atoms with Gasteiger partial charge in [0.05, 0.1) is 30.3 Å². The Bertz CT molecular complexity index is 537. The van der Waals surface area contributed by atoms with Crippen LogP contribution in [0.2, 0.25) is 4.78 Å². The molecule has 1 aliphatic heterocycles. The molecule has 2 rings (SSSR count). The molecule has 1 unspecified atom stereocenters. The Morgan fingerprint density at radius 1 is 1.50 bits per heavy atom. The zero-order valence-corrected chi connectivity index (χ0v) is 14.0. The first-order chi connectivity index (χ1) is 10.3. The smallest absolute Gasteiger partial charge is 0.252 e. The highest BCUT2D eigenvalue weighted by molar-refractivity contribution is 6.15. The lowest BCUT2D eigenvalue weighted by Gasteiger charge is -2.23. The van der Waals surface area contributed by atoms with E-state index in [0.29, 0.717) is 5.69 Å². The fourth-order valence-corrected chi connectivity index (χ4v) is 3.05. The van der Waals surface area contributed by atoms with E-state index >= 15 is 0 Å². The Labute approximate surface area is 137 Å². The second-order valence-corrected chi connectivity index (χ2v) is 6.80. The van der Waals surface area contributed by atoms with Crippen molar-refractivity contribution < 1.29 is 19.7 Å². The third kappa shape index (κ3) is 3.47. The second-order valence-electron chi connectivity index (χ2n) is 6.03. The molecule has 2 radical (unpaired) electrons. The molecular weight excluding hydrogens is 301 g/mol. The van der Waals surface area contributed by atoms with Crippen molar-refractivity contribution in [1.29, 1.82) is 0 Å². The van der Waals surface area contributed by atoms with Gasteiger partial charge in [0, 0.05) is 0 Å². The minimum Gasteiger partial charge on any atom is -0.393 e. The van der Waals surface area contributed by atoms with E-state index in [2.05, 4.69) is 38.5 Å². The van der Waals surface area contributed by atoms with Crippen LogP contribution in [-0.4, -0.2) is 60.7 Å². The van der Waals surface area contributed by atoms with E-state index < -0.39 is 18.8 Å². The summed E-state index contributed by atoms with van der Waals surface area (Å²) in [5.41, 5.74) is 0.0528. The summed E-state index contributed by atoms with van der Waals surface area (Å²) in [5, 5.41) is 21.0. The van der Waals surface area contributed by atoms with Gasteiger partial charge in [-0.25, -0.2) is 9.97 Å². The number of nitrogens with one attached hydrogen (secondary N) is 1. The van der Waals surface area contributed by atoms with Crippen LogP contribution in [-0.2, 0) is 9.53 Å². The van der Waals surface area contributed by atoms with Gasteiger partial charge < -0.3 is 20.3 Å². The average molecular weight is 321 g/mol. The summed E-state index contributed by atoms with van der Waals surface area (Å²) in [5.74, 6) is 0.0827. The van der Waals surface area contributed by atoms with Gasteiger partial charge >= 0.3 is 0 Å². The van der Waals surface area contributed by atoms with Crippen LogP contribution < -0.4 is 5.32 Å². The number of aromatic nitrogens is 2. The van der Waals surface area contributed by atoms with Crippen LogP contribution in [0.3, 0.4) is 0 Å². The predicted molar refractivity (Wildman–Crippen MR) is 80.3 cm³/mol. The van der Waals surface area contributed by atoms with Crippen LogP contribution >= 0.6 is 0 Å². The molecule has 1 fully saturated rings. The van der Waals surface area contributed by atoms with E-state index in [9.17, 15) is 9.90 Å². The van der Waals surface area contributed by atoms with Gasteiger partial charge in [-0.1, -0.05) is 11.7 Å². The molecule has 22 heavy (non-hydrogen) atoms. The second kappa shape index (κ2) is 6.61. The molecule has 1 aromatic heterocycles. The molecule has 0 aliphatic carbocycles. The zero-order chi connectivity index (χ0) is 16.5. The van der Waals surface area contributed by atoms with Crippen LogP contribution in [0.5, 0.6) is 0 Å². The largest absolute Gasteiger partial charge is 0.393 e. The van der Waals surface area contributed by atoms with E-state index in [-0.39, 0.29) is 28.0 Å². The van der Waals surface area contributed by atoms with Gasteiger partial charge in [0.1, 0.15) is 28.5 Å². The van der Waals surface area contributed by atoms with E-state index in [1.807, 2.05) is 13.8 Å². The zero-order valence-electron chi connectivity index (χ0n) is 12.9. The number of hydrogen-bond donors (Lipinski definition) is 3. The van der Waals surface area contributed by atoms with Gasteiger partial charge in [-0.05, 0) is 19.8 Å². The molecule has 0 aromatic carbocycles. The first kappa shape index (κ1) is 17.3. The lowest BCUT2D eigenvalue weighted by molar-refractivity contribution is -0.130. The molecule has 1 aromatic rings. The predicted octanol–water partition coefficient (Wildman–Crippen LogP) is 0.211. The first-order valence-electron chi connectivity index (χ1n) is 7.11. The van der Waals surface area contributed by atoms with E-state index in [0.717, 1.165) is 0 Å². The van der Waals surface area contributed by atoms with Crippen molar-refractivity contribution >= 4 is 27.9 Å². The van der Waals surface area contributed by atoms with Crippen LogP contribution in [0.15, 0.2) is 12.4 Å². The van der Waals surface area contributed by atoms with Crippen LogP contribution in [0, 0.1) is 5.92 Å². The highest BCUT2D eigenvalue weighted by Crippen LogP contribution is 2.42. The summed E-state index contributed by atoms with van der Waals surface area (Å²) in [4.78, 5) is 20.2. The topological polar surface area (TPSA) is 105 Å². The number of carbonyl (C=O) groups is 1. The molecule has 3 N–H and O–H groups in total. The summed E-state index contributed by atoms with van der Waals surface area (Å²) >= 11 is 2.68. The number of amides is 1.